The number of ether oxygens (including phenoxy) is 1. The summed E-state index contributed by atoms with van der Waals surface area (Å²) in [6, 6.07) is 9.78. The van der Waals surface area contributed by atoms with Crippen molar-refractivity contribution in [3.8, 4) is 0 Å². The average molecular weight is 406 g/mol. The lowest BCUT2D eigenvalue weighted by Gasteiger charge is -2.18. The van der Waals surface area contributed by atoms with Crippen LogP contribution in [0.5, 0.6) is 0 Å². The summed E-state index contributed by atoms with van der Waals surface area (Å²) < 4.78 is 5.68. The van der Waals surface area contributed by atoms with Crippen LogP contribution in [0.2, 0.25) is 0 Å². The van der Waals surface area contributed by atoms with Gasteiger partial charge < -0.3 is 20.7 Å². The monoisotopic (exact) mass is 406 g/mol. The van der Waals surface area contributed by atoms with Crippen LogP contribution in [0.1, 0.15) is 13.3 Å². The molecule has 1 aromatic rings. The molecule has 0 bridgehead atoms. The second kappa shape index (κ2) is 11.8. The number of para-hydroxylation sites is 1. The highest BCUT2D eigenvalue weighted by Gasteiger charge is 2.08. The highest BCUT2D eigenvalue weighted by Crippen LogP contribution is 2.05. The number of guanidine groups is 1. The van der Waals surface area contributed by atoms with E-state index in [1.807, 2.05) is 37.3 Å². The number of rotatable bonds is 8. The Bertz CT molecular complexity index is 398. The molecule has 0 saturated heterocycles. The molecule has 0 aromatic heterocycles. The molecule has 0 aliphatic heterocycles. The Hall–Kier alpha value is -0.860. The van der Waals surface area contributed by atoms with Crippen LogP contribution < -0.4 is 11.1 Å². The Labute approximate surface area is 145 Å². The first-order chi connectivity index (χ1) is 9.61. The summed E-state index contributed by atoms with van der Waals surface area (Å²) in [5.74, 6) is 0.422. The molecule has 1 aromatic carbocycles. The lowest BCUT2D eigenvalue weighted by Crippen LogP contribution is -2.28. The van der Waals surface area contributed by atoms with E-state index in [1.54, 1.807) is 0 Å². The third-order valence-corrected chi connectivity index (χ3v) is 2.81. The van der Waals surface area contributed by atoms with Gasteiger partial charge in [-0.15, -0.1) is 24.0 Å². The third kappa shape index (κ3) is 9.65. The van der Waals surface area contributed by atoms with E-state index in [-0.39, 0.29) is 30.1 Å². The van der Waals surface area contributed by atoms with Crippen LogP contribution >= 0.6 is 24.0 Å². The maximum atomic E-state index is 5.88. The summed E-state index contributed by atoms with van der Waals surface area (Å²) in [5, 5.41) is 3.07. The van der Waals surface area contributed by atoms with Crippen LogP contribution in [-0.2, 0) is 4.74 Å². The number of nitrogens with one attached hydrogen (secondary N) is 1. The SMILES string of the molecule is CCOC(CCN(C)C)CN=C(N)Nc1ccccc1.I. The van der Waals surface area contributed by atoms with Crippen molar-refractivity contribution < 1.29 is 4.74 Å². The zero-order chi connectivity index (χ0) is 14.8. The quantitative estimate of drug-likeness (QED) is 0.396. The highest BCUT2D eigenvalue weighted by molar-refractivity contribution is 14.0. The van der Waals surface area contributed by atoms with Crippen molar-refractivity contribution >= 4 is 35.6 Å². The fraction of sp³-hybridized carbons (Fsp3) is 0.533. The number of hydrogen-bond acceptors (Lipinski definition) is 3. The molecular formula is C15H27IN4O. The molecule has 6 heteroatoms. The van der Waals surface area contributed by atoms with E-state index >= 15 is 0 Å². The minimum absolute atomic E-state index is 0. The maximum absolute atomic E-state index is 5.88. The van der Waals surface area contributed by atoms with Crippen molar-refractivity contribution in [2.75, 3.05) is 39.1 Å². The number of nitrogens with zero attached hydrogens (tertiary/aromatic N) is 2. The Balaban J connectivity index is 0.00000400. The first kappa shape index (κ1) is 20.1. The van der Waals surface area contributed by atoms with Gasteiger partial charge in [-0.05, 0) is 39.6 Å². The smallest absolute Gasteiger partial charge is 0.193 e. The minimum atomic E-state index is 0. The van der Waals surface area contributed by atoms with Crippen molar-refractivity contribution in [2.24, 2.45) is 10.7 Å². The predicted molar refractivity (Wildman–Crippen MR) is 101 cm³/mol. The Morgan fingerprint density at radius 3 is 2.57 bits per heavy atom. The van der Waals surface area contributed by atoms with Crippen molar-refractivity contribution in [1.82, 2.24) is 4.90 Å². The van der Waals surface area contributed by atoms with E-state index in [4.69, 9.17) is 10.5 Å². The topological polar surface area (TPSA) is 62.9 Å². The molecule has 5 nitrogen and oxygen atoms in total. The molecule has 3 N–H and O–H groups in total. The molecule has 0 fully saturated rings. The molecule has 0 spiro atoms. The Morgan fingerprint density at radius 1 is 1.33 bits per heavy atom. The van der Waals surface area contributed by atoms with Gasteiger partial charge in [0.05, 0.1) is 12.6 Å². The van der Waals surface area contributed by atoms with Crippen LogP contribution in [0.3, 0.4) is 0 Å². The number of benzene rings is 1. The zero-order valence-electron chi connectivity index (χ0n) is 13.1. The van der Waals surface area contributed by atoms with Crippen molar-refractivity contribution in [1.29, 1.82) is 0 Å². The molecule has 1 atom stereocenters. The fourth-order valence-electron chi connectivity index (χ4n) is 1.77. The van der Waals surface area contributed by atoms with E-state index in [1.165, 1.54) is 0 Å². The molecule has 0 radical (unpaired) electrons. The van der Waals surface area contributed by atoms with Gasteiger partial charge in [-0.2, -0.15) is 0 Å². The molecule has 21 heavy (non-hydrogen) atoms. The second-order valence-corrected chi connectivity index (χ2v) is 4.89. The molecule has 0 aliphatic carbocycles. The van der Waals surface area contributed by atoms with Crippen LogP contribution in [0.15, 0.2) is 35.3 Å². The summed E-state index contributed by atoms with van der Waals surface area (Å²) >= 11 is 0. The van der Waals surface area contributed by atoms with Gasteiger partial charge in [-0.25, -0.2) is 0 Å². The summed E-state index contributed by atoms with van der Waals surface area (Å²) in [6.45, 7) is 4.25. The number of halogens is 1. The average Bonchev–Trinajstić information content (AvgIpc) is 2.43. The van der Waals surface area contributed by atoms with Gasteiger partial charge in [0.15, 0.2) is 5.96 Å². The summed E-state index contributed by atoms with van der Waals surface area (Å²) in [6.07, 6.45) is 1.06. The molecular weight excluding hydrogens is 379 g/mol. The molecule has 0 heterocycles. The molecule has 1 rings (SSSR count). The highest BCUT2D eigenvalue weighted by atomic mass is 127. The fourth-order valence-corrected chi connectivity index (χ4v) is 1.77. The van der Waals surface area contributed by atoms with Crippen LogP contribution in [0.25, 0.3) is 0 Å². The minimum Gasteiger partial charge on any atom is -0.377 e. The molecule has 0 aliphatic rings. The number of aliphatic imine (C=N–C) groups is 1. The number of nitrogens with two attached hydrogens (primary N) is 1. The van der Waals surface area contributed by atoms with Crippen molar-refractivity contribution in [2.45, 2.75) is 19.4 Å². The van der Waals surface area contributed by atoms with Crippen LogP contribution in [0, 0.1) is 0 Å². The van der Waals surface area contributed by atoms with Crippen LogP contribution in [-0.4, -0.2) is 50.8 Å². The van der Waals surface area contributed by atoms with Gasteiger partial charge in [0.25, 0.3) is 0 Å². The van der Waals surface area contributed by atoms with E-state index in [9.17, 15) is 0 Å². The summed E-state index contributed by atoms with van der Waals surface area (Å²) in [4.78, 5) is 6.50. The van der Waals surface area contributed by atoms with E-state index in [0.29, 0.717) is 19.1 Å². The van der Waals surface area contributed by atoms with Gasteiger partial charge in [-0.1, -0.05) is 18.2 Å². The molecule has 1 unspecified atom stereocenters. The Kier molecular flexibility index (Phi) is 11.3. The van der Waals surface area contributed by atoms with Crippen LogP contribution in [0.4, 0.5) is 5.69 Å². The summed E-state index contributed by atoms with van der Waals surface area (Å²) in [5.41, 5.74) is 6.82. The second-order valence-electron chi connectivity index (χ2n) is 4.89. The standard InChI is InChI=1S/C15H26N4O.HI/c1-4-20-14(10-11-19(2)3)12-17-15(16)18-13-8-6-5-7-9-13;/h5-9,14H,4,10-12H2,1-3H3,(H3,16,17,18);1H. The first-order valence-electron chi connectivity index (χ1n) is 7.00. The summed E-state index contributed by atoms with van der Waals surface area (Å²) in [7, 11) is 4.11. The third-order valence-electron chi connectivity index (χ3n) is 2.81. The largest absolute Gasteiger partial charge is 0.377 e. The Morgan fingerprint density at radius 2 is 2.00 bits per heavy atom. The molecule has 0 saturated carbocycles. The predicted octanol–water partition coefficient (Wildman–Crippen LogP) is 2.39. The van der Waals surface area contributed by atoms with Gasteiger partial charge >= 0.3 is 0 Å². The molecule has 120 valence electrons. The van der Waals surface area contributed by atoms with Gasteiger partial charge in [-0.3, -0.25) is 4.99 Å². The van der Waals surface area contributed by atoms with E-state index in [2.05, 4.69) is 29.3 Å². The zero-order valence-corrected chi connectivity index (χ0v) is 15.4. The lowest BCUT2D eigenvalue weighted by molar-refractivity contribution is 0.0583. The van der Waals surface area contributed by atoms with Gasteiger partial charge in [0, 0.05) is 18.8 Å². The van der Waals surface area contributed by atoms with Gasteiger partial charge in [0.1, 0.15) is 0 Å². The van der Waals surface area contributed by atoms with Crippen molar-refractivity contribution in [3.63, 3.8) is 0 Å². The van der Waals surface area contributed by atoms with E-state index in [0.717, 1.165) is 18.7 Å². The lowest BCUT2D eigenvalue weighted by atomic mass is 10.2. The maximum Gasteiger partial charge on any atom is 0.193 e. The normalized spacial score (nSPS) is 12.9. The first-order valence-corrected chi connectivity index (χ1v) is 7.00. The number of hydrogen-bond donors (Lipinski definition) is 2. The van der Waals surface area contributed by atoms with E-state index < -0.39 is 0 Å². The number of anilines is 1. The van der Waals surface area contributed by atoms with Crippen molar-refractivity contribution in [3.05, 3.63) is 30.3 Å². The van der Waals surface area contributed by atoms with Gasteiger partial charge in [0.2, 0.25) is 0 Å². The molecule has 0 amide bonds.